The molecule has 4 heteroatoms. The molecule has 4 nitrogen and oxygen atoms in total. The topological polar surface area (TPSA) is 47.6 Å². The smallest absolute Gasteiger partial charge is 0.336 e. The van der Waals surface area contributed by atoms with Gasteiger partial charge in [-0.2, -0.15) is 0 Å². The number of rotatable bonds is 8. The van der Waals surface area contributed by atoms with Crippen LogP contribution in [0.2, 0.25) is 0 Å². The van der Waals surface area contributed by atoms with Crippen LogP contribution < -0.4 is 5.32 Å². The molecule has 0 saturated carbocycles. The van der Waals surface area contributed by atoms with E-state index in [1.807, 2.05) is 6.92 Å². The van der Waals surface area contributed by atoms with Crippen molar-refractivity contribution in [2.75, 3.05) is 19.8 Å². The lowest BCUT2D eigenvalue weighted by Crippen LogP contribution is -2.19. The van der Waals surface area contributed by atoms with Crippen LogP contribution in [0.3, 0.4) is 0 Å². The molecule has 0 aliphatic rings. The van der Waals surface area contributed by atoms with Gasteiger partial charge >= 0.3 is 5.97 Å². The van der Waals surface area contributed by atoms with E-state index in [4.69, 9.17) is 9.47 Å². The SMILES string of the molecule is CCCCNC(=CC(=O)OCC)OCC. The van der Waals surface area contributed by atoms with Crippen LogP contribution in [-0.4, -0.2) is 25.7 Å². The first-order chi connectivity index (χ1) is 7.24. The Morgan fingerprint density at radius 2 is 1.87 bits per heavy atom. The Bertz CT molecular complexity index is 202. The molecule has 0 bridgehead atoms. The van der Waals surface area contributed by atoms with Crippen molar-refractivity contribution in [3.63, 3.8) is 0 Å². The summed E-state index contributed by atoms with van der Waals surface area (Å²) >= 11 is 0. The van der Waals surface area contributed by atoms with Gasteiger partial charge in [-0.3, -0.25) is 0 Å². The van der Waals surface area contributed by atoms with Gasteiger partial charge in [0.2, 0.25) is 0 Å². The molecule has 0 heterocycles. The predicted octanol–water partition coefficient (Wildman–Crippen LogP) is 1.82. The third-order valence-electron chi connectivity index (χ3n) is 1.66. The van der Waals surface area contributed by atoms with Crippen LogP contribution in [0.1, 0.15) is 33.6 Å². The summed E-state index contributed by atoms with van der Waals surface area (Å²) in [6.45, 7) is 7.48. The normalized spacial score (nSPS) is 11.0. The van der Waals surface area contributed by atoms with Crippen molar-refractivity contribution in [1.82, 2.24) is 5.32 Å². The minimum atomic E-state index is -0.370. The largest absolute Gasteiger partial charge is 0.479 e. The Morgan fingerprint density at radius 3 is 2.40 bits per heavy atom. The molecule has 0 aliphatic heterocycles. The van der Waals surface area contributed by atoms with Crippen LogP contribution >= 0.6 is 0 Å². The van der Waals surface area contributed by atoms with Gasteiger partial charge in [-0.05, 0) is 20.3 Å². The molecule has 0 radical (unpaired) electrons. The van der Waals surface area contributed by atoms with Crippen LogP contribution in [0.4, 0.5) is 0 Å². The molecular weight excluding hydrogens is 194 g/mol. The number of unbranched alkanes of at least 4 members (excludes halogenated alkanes) is 1. The second kappa shape index (κ2) is 9.37. The van der Waals surface area contributed by atoms with Gasteiger partial charge in [-0.15, -0.1) is 0 Å². The summed E-state index contributed by atoms with van der Waals surface area (Å²) in [7, 11) is 0. The third-order valence-corrected chi connectivity index (χ3v) is 1.66. The summed E-state index contributed by atoms with van der Waals surface area (Å²) in [5, 5.41) is 3.05. The number of carbonyl (C=O) groups is 1. The zero-order valence-electron chi connectivity index (χ0n) is 9.84. The molecule has 0 aromatic carbocycles. The lowest BCUT2D eigenvalue weighted by Gasteiger charge is -2.10. The van der Waals surface area contributed by atoms with Crippen molar-refractivity contribution < 1.29 is 14.3 Å². The highest BCUT2D eigenvalue weighted by Crippen LogP contribution is 1.95. The Labute approximate surface area is 91.6 Å². The molecule has 0 aliphatic carbocycles. The van der Waals surface area contributed by atoms with Gasteiger partial charge in [0.05, 0.1) is 19.3 Å². The highest BCUT2D eigenvalue weighted by atomic mass is 16.5. The zero-order valence-corrected chi connectivity index (χ0v) is 9.84. The summed E-state index contributed by atoms with van der Waals surface area (Å²) in [5.74, 6) is 0.120. The average molecular weight is 215 g/mol. The molecule has 88 valence electrons. The van der Waals surface area contributed by atoms with E-state index in [0.717, 1.165) is 19.4 Å². The molecule has 0 fully saturated rings. The van der Waals surface area contributed by atoms with Gasteiger partial charge in [0.1, 0.15) is 0 Å². The number of ether oxygens (including phenoxy) is 2. The quantitative estimate of drug-likeness (QED) is 0.290. The second-order valence-electron chi connectivity index (χ2n) is 2.97. The number of esters is 1. The number of hydrogen-bond donors (Lipinski definition) is 1. The van der Waals surface area contributed by atoms with Crippen molar-refractivity contribution in [2.24, 2.45) is 0 Å². The maximum atomic E-state index is 11.1. The van der Waals surface area contributed by atoms with Crippen LogP contribution in [0.25, 0.3) is 0 Å². The number of nitrogens with one attached hydrogen (secondary N) is 1. The molecule has 0 unspecified atom stereocenters. The lowest BCUT2D eigenvalue weighted by molar-refractivity contribution is -0.137. The summed E-state index contributed by atoms with van der Waals surface area (Å²) < 4.78 is 10.0. The first kappa shape index (κ1) is 13.8. The fourth-order valence-electron chi connectivity index (χ4n) is 0.979. The fraction of sp³-hybridized carbons (Fsp3) is 0.727. The molecule has 0 amide bonds. The maximum absolute atomic E-state index is 11.1. The highest BCUT2D eigenvalue weighted by molar-refractivity contribution is 5.82. The minimum absolute atomic E-state index is 0.370. The van der Waals surface area contributed by atoms with E-state index in [9.17, 15) is 4.79 Å². The van der Waals surface area contributed by atoms with Crippen molar-refractivity contribution in [1.29, 1.82) is 0 Å². The van der Waals surface area contributed by atoms with Gasteiger partial charge in [-0.25, -0.2) is 4.79 Å². The summed E-state index contributed by atoms with van der Waals surface area (Å²) in [5.41, 5.74) is 0. The highest BCUT2D eigenvalue weighted by Gasteiger charge is 2.02. The maximum Gasteiger partial charge on any atom is 0.336 e. The monoisotopic (exact) mass is 215 g/mol. The van der Waals surface area contributed by atoms with Crippen LogP contribution in [-0.2, 0) is 14.3 Å². The van der Waals surface area contributed by atoms with Gasteiger partial charge < -0.3 is 14.8 Å². The Hall–Kier alpha value is -1.19. The van der Waals surface area contributed by atoms with Crippen molar-refractivity contribution in [3.05, 3.63) is 12.0 Å². The Morgan fingerprint density at radius 1 is 1.20 bits per heavy atom. The van der Waals surface area contributed by atoms with E-state index >= 15 is 0 Å². The Balaban J connectivity index is 4.04. The molecule has 0 aromatic heterocycles. The van der Waals surface area contributed by atoms with Crippen molar-refractivity contribution in [2.45, 2.75) is 33.6 Å². The van der Waals surface area contributed by atoms with E-state index < -0.39 is 0 Å². The molecular formula is C11H21NO3. The minimum Gasteiger partial charge on any atom is -0.479 e. The summed E-state index contributed by atoms with van der Waals surface area (Å²) in [6, 6.07) is 0. The predicted molar refractivity (Wildman–Crippen MR) is 59.3 cm³/mol. The fourth-order valence-corrected chi connectivity index (χ4v) is 0.979. The number of hydrogen-bond acceptors (Lipinski definition) is 4. The third kappa shape index (κ3) is 7.85. The molecule has 15 heavy (non-hydrogen) atoms. The van der Waals surface area contributed by atoms with E-state index in [2.05, 4.69) is 12.2 Å². The van der Waals surface area contributed by atoms with Gasteiger partial charge in [0.25, 0.3) is 0 Å². The first-order valence-corrected chi connectivity index (χ1v) is 5.49. The zero-order chi connectivity index (χ0) is 11.5. The van der Waals surface area contributed by atoms with Crippen LogP contribution in [0.5, 0.6) is 0 Å². The molecule has 0 saturated heterocycles. The Kier molecular flexibility index (Phi) is 8.63. The van der Waals surface area contributed by atoms with Crippen molar-refractivity contribution in [3.8, 4) is 0 Å². The first-order valence-electron chi connectivity index (χ1n) is 5.49. The molecule has 0 atom stereocenters. The van der Waals surface area contributed by atoms with Gasteiger partial charge in [0, 0.05) is 6.54 Å². The van der Waals surface area contributed by atoms with Crippen molar-refractivity contribution >= 4 is 5.97 Å². The summed E-state index contributed by atoms with van der Waals surface area (Å²) in [4.78, 5) is 11.1. The standard InChI is InChI=1S/C11H21NO3/c1-4-7-8-12-10(14-5-2)9-11(13)15-6-3/h9,12H,4-8H2,1-3H3. The molecule has 1 N–H and O–H groups in total. The van der Waals surface area contributed by atoms with E-state index in [0.29, 0.717) is 19.1 Å². The van der Waals surface area contributed by atoms with Crippen LogP contribution in [0, 0.1) is 0 Å². The lowest BCUT2D eigenvalue weighted by atomic mass is 10.3. The van der Waals surface area contributed by atoms with E-state index in [1.165, 1.54) is 6.08 Å². The summed E-state index contributed by atoms with van der Waals surface area (Å²) in [6.07, 6.45) is 3.50. The van der Waals surface area contributed by atoms with E-state index in [1.54, 1.807) is 6.92 Å². The molecule has 0 rings (SSSR count). The van der Waals surface area contributed by atoms with E-state index in [-0.39, 0.29) is 5.97 Å². The molecule has 0 aromatic rings. The van der Waals surface area contributed by atoms with Crippen LogP contribution in [0.15, 0.2) is 12.0 Å². The number of carbonyl (C=O) groups excluding carboxylic acids is 1. The second-order valence-corrected chi connectivity index (χ2v) is 2.97. The van der Waals surface area contributed by atoms with Gasteiger partial charge in [-0.1, -0.05) is 13.3 Å². The average Bonchev–Trinajstić information content (AvgIpc) is 2.18. The van der Waals surface area contributed by atoms with Gasteiger partial charge in [0.15, 0.2) is 5.88 Å². The molecule has 0 spiro atoms.